The van der Waals surface area contributed by atoms with E-state index < -0.39 is 0 Å². The number of fused-ring (bicyclic) bond motifs is 1. The highest BCUT2D eigenvalue weighted by atomic mass is 35.5. The Morgan fingerprint density at radius 1 is 1.35 bits per heavy atom. The molecule has 0 aliphatic rings. The summed E-state index contributed by atoms with van der Waals surface area (Å²) in [5.41, 5.74) is 5.73. The minimum Gasteiger partial charge on any atom is -0.308 e. The van der Waals surface area contributed by atoms with Gasteiger partial charge >= 0.3 is 0 Å². The minimum absolute atomic E-state index is 0. The maximum atomic E-state index is 6.03. The number of nitrogens with one attached hydrogen (secondary N) is 1. The normalized spacial score (nSPS) is 10.1. The van der Waals surface area contributed by atoms with E-state index in [-0.39, 0.29) is 12.4 Å². The second-order valence-corrected chi connectivity index (χ2v) is 4.22. The quantitative estimate of drug-likeness (QED) is 0.650. The predicted octanol–water partition coefficient (Wildman–Crippen LogP) is 3.47. The lowest BCUT2D eigenvalue weighted by molar-refractivity contribution is 1.10. The Balaban J connectivity index is 0.00000144. The predicted molar refractivity (Wildman–Crippen MR) is 75.9 cm³/mol. The first kappa shape index (κ1) is 14.0. The zero-order chi connectivity index (χ0) is 11.7. The average Bonchev–Trinajstić information content (AvgIpc) is 2.27. The summed E-state index contributed by atoms with van der Waals surface area (Å²) in [5, 5.41) is 1.79. The topological polar surface area (TPSA) is 50.9 Å². The molecule has 0 aliphatic carbocycles. The lowest BCUT2D eigenvalue weighted by Crippen LogP contribution is -2.11. The highest BCUT2D eigenvalue weighted by Gasteiger charge is 2.07. The number of nitrogen functional groups attached to an aromatic ring is 1. The van der Waals surface area contributed by atoms with Gasteiger partial charge in [0.2, 0.25) is 0 Å². The van der Waals surface area contributed by atoms with E-state index in [0.717, 1.165) is 39.3 Å². The van der Waals surface area contributed by atoms with Gasteiger partial charge in [0.25, 0.3) is 0 Å². The van der Waals surface area contributed by atoms with Crippen molar-refractivity contribution in [1.29, 1.82) is 0 Å². The molecule has 1 aromatic heterocycles. The average molecular weight is 272 g/mol. The number of aryl methyl sites for hydroxylation is 2. The summed E-state index contributed by atoms with van der Waals surface area (Å²) in [4.78, 5) is 4.51. The highest BCUT2D eigenvalue weighted by molar-refractivity contribution is 6.31. The number of halogens is 2. The zero-order valence-corrected chi connectivity index (χ0v) is 11.3. The standard InChI is InChI=1S/C12H14ClN3.ClH/c1-3-8-5-9-6-10(13)4-7(2)11(9)15-12(8)16-14;/h4-6H,3,14H2,1-2H3,(H,15,16);1H. The molecule has 3 N–H and O–H groups in total. The van der Waals surface area contributed by atoms with Crippen LogP contribution in [0.15, 0.2) is 18.2 Å². The van der Waals surface area contributed by atoms with Gasteiger partial charge in [0.15, 0.2) is 0 Å². The fourth-order valence-corrected chi connectivity index (χ4v) is 2.14. The summed E-state index contributed by atoms with van der Waals surface area (Å²) in [5.74, 6) is 6.20. The van der Waals surface area contributed by atoms with Crippen molar-refractivity contribution in [1.82, 2.24) is 4.98 Å². The lowest BCUT2D eigenvalue weighted by atomic mass is 10.1. The van der Waals surface area contributed by atoms with Gasteiger partial charge in [-0.25, -0.2) is 10.8 Å². The van der Waals surface area contributed by atoms with Crippen LogP contribution in [0.1, 0.15) is 18.1 Å². The van der Waals surface area contributed by atoms with E-state index in [1.165, 1.54) is 0 Å². The Bertz CT molecular complexity index is 541. The molecule has 0 saturated carbocycles. The van der Waals surface area contributed by atoms with Crippen molar-refractivity contribution in [3.8, 4) is 0 Å². The minimum atomic E-state index is 0. The molecule has 2 rings (SSSR count). The summed E-state index contributed by atoms with van der Waals surface area (Å²) in [6.07, 6.45) is 0.883. The molecule has 17 heavy (non-hydrogen) atoms. The van der Waals surface area contributed by atoms with Crippen molar-refractivity contribution in [2.24, 2.45) is 5.84 Å². The van der Waals surface area contributed by atoms with E-state index in [9.17, 15) is 0 Å². The maximum absolute atomic E-state index is 6.03. The van der Waals surface area contributed by atoms with Crippen molar-refractivity contribution in [2.75, 3.05) is 5.43 Å². The number of nitrogens with zero attached hydrogens (tertiary/aromatic N) is 1. The summed E-state index contributed by atoms with van der Waals surface area (Å²) in [7, 11) is 0. The van der Waals surface area contributed by atoms with Crippen LogP contribution in [0.5, 0.6) is 0 Å². The van der Waals surface area contributed by atoms with Gasteiger partial charge in [-0.05, 0) is 42.7 Å². The Morgan fingerprint density at radius 2 is 2.06 bits per heavy atom. The van der Waals surface area contributed by atoms with Crippen molar-refractivity contribution < 1.29 is 0 Å². The van der Waals surface area contributed by atoms with Gasteiger partial charge < -0.3 is 5.43 Å². The summed E-state index contributed by atoms with van der Waals surface area (Å²) in [6, 6.07) is 5.91. The number of nitrogens with two attached hydrogens (primary N) is 1. The van der Waals surface area contributed by atoms with Gasteiger partial charge in [-0.3, -0.25) is 0 Å². The molecular formula is C12H15Cl2N3. The number of aromatic nitrogens is 1. The van der Waals surface area contributed by atoms with Crippen LogP contribution < -0.4 is 11.3 Å². The third kappa shape index (κ3) is 2.63. The van der Waals surface area contributed by atoms with Crippen LogP contribution in [-0.2, 0) is 6.42 Å². The van der Waals surface area contributed by atoms with E-state index in [1.54, 1.807) is 0 Å². The van der Waals surface area contributed by atoms with Crippen LogP contribution >= 0.6 is 24.0 Å². The second-order valence-electron chi connectivity index (χ2n) is 3.79. The lowest BCUT2D eigenvalue weighted by Gasteiger charge is -2.10. The van der Waals surface area contributed by atoms with Gasteiger partial charge in [0.05, 0.1) is 5.52 Å². The first-order chi connectivity index (χ1) is 7.65. The van der Waals surface area contributed by atoms with E-state index >= 15 is 0 Å². The molecule has 2 aromatic rings. The van der Waals surface area contributed by atoms with Crippen molar-refractivity contribution in [2.45, 2.75) is 20.3 Å². The van der Waals surface area contributed by atoms with Crippen LogP contribution in [0.2, 0.25) is 5.02 Å². The van der Waals surface area contributed by atoms with Crippen LogP contribution in [0, 0.1) is 6.92 Å². The van der Waals surface area contributed by atoms with Gasteiger partial charge in [-0.1, -0.05) is 18.5 Å². The molecule has 3 nitrogen and oxygen atoms in total. The summed E-state index contributed by atoms with van der Waals surface area (Å²) >= 11 is 6.03. The van der Waals surface area contributed by atoms with Crippen molar-refractivity contribution >= 4 is 40.7 Å². The molecule has 1 aromatic carbocycles. The van der Waals surface area contributed by atoms with Crippen LogP contribution in [0.4, 0.5) is 5.82 Å². The Labute approximate surface area is 112 Å². The first-order valence-corrected chi connectivity index (χ1v) is 5.60. The van der Waals surface area contributed by atoms with Crippen LogP contribution in [-0.4, -0.2) is 4.98 Å². The molecular weight excluding hydrogens is 257 g/mol. The van der Waals surface area contributed by atoms with Gasteiger partial charge in [-0.15, -0.1) is 12.4 Å². The molecule has 0 radical (unpaired) electrons. The molecule has 0 atom stereocenters. The van der Waals surface area contributed by atoms with Gasteiger partial charge in [-0.2, -0.15) is 0 Å². The molecule has 5 heteroatoms. The van der Waals surface area contributed by atoms with E-state index in [1.807, 2.05) is 19.1 Å². The van der Waals surface area contributed by atoms with E-state index in [0.29, 0.717) is 0 Å². The number of anilines is 1. The summed E-state index contributed by atoms with van der Waals surface area (Å²) < 4.78 is 0. The Kier molecular flexibility index (Phi) is 4.57. The van der Waals surface area contributed by atoms with Crippen LogP contribution in [0.3, 0.4) is 0 Å². The van der Waals surface area contributed by atoms with Gasteiger partial charge in [0, 0.05) is 10.4 Å². The number of hydrogen-bond acceptors (Lipinski definition) is 3. The van der Waals surface area contributed by atoms with Crippen molar-refractivity contribution in [3.05, 3.63) is 34.3 Å². The van der Waals surface area contributed by atoms with Crippen molar-refractivity contribution in [3.63, 3.8) is 0 Å². The molecule has 0 saturated heterocycles. The largest absolute Gasteiger partial charge is 0.308 e. The van der Waals surface area contributed by atoms with E-state index in [4.69, 9.17) is 17.4 Å². The number of hydrogen-bond donors (Lipinski definition) is 2. The molecule has 0 spiro atoms. The number of hydrazine groups is 1. The molecule has 0 unspecified atom stereocenters. The molecule has 0 bridgehead atoms. The third-order valence-corrected chi connectivity index (χ3v) is 2.89. The second kappa shape index (κ2) is 5.54. The van der Waals surface area contributed by atoms with Crippen LogP contribution in [0.25, 0.3) is 10.9 Å². The third-order valence-electron chi connectivity index (χ3n) is 2.67. The fourth-order valence-electron chi connectivity index (χ4n) is 1.86. The monoisotopic (exact) mass is 271 g/mol. The zero-order valence-electron chi connectivity index (χ0n) is 9.75. The van der Waals surface area contributed by atoms with E-state index in [2.05, 4.69) is 23.4 Å². The Hall–Kier alpha value is -1.03. The Morgan fingerprint density at radius 3 is 2.65 bits per heavy atom. The molecule has 0 fully saturated rings. The first-order valence-electron chi connectivity index (χ1n) is 5.22. The molecule has 0 aliphatic heterocycles. The summed E-state index contributed by atoms with van der Waals surface area (Å²) in [6.45, 7) is 4.06. The maximum Gasteiger partial charge on any atom is 0.143 e. The molecule has 92 valence electrons. The van der Waals surface area contributed by atoms with Gasteiger partial charge in [0.1, 0.15) is 5.82 Å². The molecule has 0 amide bonds. The number of rotatable bonds is 2. The number of benzene rings is 1. The fraction of sp³-hybridized carbons (Fsp3) is 0.250. The molecule has 1 heterocycles. The SMILES string of the molecule is CCc1cc2cc(Cl)cc(C)c2nc1NN.Cl. The number of pyridine rings is 1. The highest BCUT2D eigenvalue weighted by Crippen LogP contribution is 2.26. The smallest absolute Gasteiger partial charge is 0.143 e.